The second kappa shape index (κ2) is 15.9. The molecule has 7 N–H and O–H groups in total. The van der Waals surface area contributed by atoms with E-state index in [1.807, 2.05) is 13.8 Å². The topological polar surface area (TPSA) is 215 Å². The number of esters is 1. The number of methoxy groups -OCH3 is 1. The highest BCUT2D eigenvalue weighted by Crippen LogP contribution is 2.13. The van der Waals surface area contributed by atoms with Gasteiger partial charge in [0.05, 0.1) is 13.5 Å². The highest BCUT2D eigenvalue weighted by molar-refractivity contribution is 5.98. The molecule has 0 rings (SSSR count). The molecule has 6 amide bonds. The average Bonchev–Trinajstić information content (AvgIpc) is 2.83. The van der Waals surface area contributed by atoms with Crippen LogP contribution in [0.4, 0.5) is 0 Å². The summed E-state index contributed by atoms with van der Waals surface area (Å²) in [4.78, 5) is 87.9. The average molecular weight is 585 g/mol. The van der Waals surface area contributed by atoms with Gasteiger partial charge in [-0.25, -0.2) is 4.79 Å². The Kier molecular flexibility index (Phi) is 14.5. The molecule has 0 aliphatic carbocycles. The van der Waals surface area contributed by atoms with Crippen molar-refractivity contribution in [2.24, 2.45) is 17.6 Å². The first-order chi connectivity index (χ1) is 18.7. The van der Waals surface area contributed by atoms with Gasteiger partial charge in [-0.3, -0.25) is 28.8 Å². The molecule has 0 unspecified atom stereocenters. The summed E-state index contributed by atoms with van der Waals surface area (Å²) < 4.78 is 4.73. The van der Waals surface area contributed by atoms with Crippen molar-refractivity contribution in [3.05, 3.63) is 0 Å². The molecule has 0 aliphatic rings. The van der Waals surface area contributed by atoms with Gasteiger partial charge in [-0.05, 0) is 46.0 Å². The van der Waals surface area contributed by atoms with Crippen molar-refractivity contribution in [3.8, 4) is 0 Å². The minimum absolute atomic E-state index is 0.0222. The Hall–Kier alpha value is -3.71. The fraction of sp³-hybridized carbons (Fsp3) is 0.741. The fourth-order valence-electron chi connectivity index (χ4n) is 3.87. The number of carbonyl (C=O) groups is 7. The molecule has 0 radical (unpaired) electrons. The number of carbonyl (C=O) groups excluding carboxylic acids is 7. The van der Waals surface area contributed by atoms with Crippen LogP contribution in [0.1, 0.15) is 81.6 Å². The van der Waals surface area contributed by atoms with Gasteiger partial charge in [0.25, 0.3) is 0 Å². The van der Waals surface area contributed by atoms with E-state index in [2.05, 4.69) is 26.6 Å². The first-order valence-electron chi connectivity index (χ1n) is 13.6. The van der Waals surface area contributed by atoms with Crippen LogP contribution in [0.2, 0.25) is 0 Å². The lowest BCUT2D eigenvalue weighted by atomic mass is 9.95. The van der Waals surface area contributed by atoms with Crippen LogP contribution < -0.4 is 32.3 Å². The zero-order valence-corrected chi connectivity index (χ0v) is 25.9. The van der Waals surface area contributed by atoms with Gasteiger partial charge >= 0.3 is 5.97 Å². The summed E-state index contributed by atoms with van der Waals surface area (Å²) >= 11 is 0. The summed E-state index contributed by atoms with van der Waals surface area (Å²) in [6.45, 7) is 14.2. The number of rotatable bonds is 16. The molecule has 0 heterocycles. The molecule has 0 spiro atoms. The van der Waals surface area contributed by atoms with Crippen LogP contribution in [0.5, 0.6) is 0 Å². The lowest BCUT2D eigenvalue weighted by molar-refractivity contribution is -0.149. The zero-order valence-electron chi connectivity index (χ0n) is 25.9. The summed E-state index contributed by atoms with van der Waals surface area (Å²) in [6, 6.07) is -3.64. The Balaban J connectivity index is 6.02. The van der Waals surface area contributed by atoms with E-state index < -0.39 is 83.0 Å². The SMILES string of the molecule is CC[C@H](C)[C@H](NC(=O)[C@H](CC(N)=O)NC(=O)C(C)(C)NC(C)=O)C(=O)N[C@@H](CC(C)C)C(=O)NC(C)(C)C(=O)OC. The van der Waals surface area contributed by atoms with Gasteiger partial charge in [-0.15, -0.1) is 0 Å². The van der Waals surface area contributed by atoms with E-state index in [9.17, 15) is 33.6 Å². The Bertz CT molecular complexity index is 994. The fourth-order valence-corrected chi connectivity index (χ4v) is 3.87. The maximum Gasteiger partial charge on any atom is 0.330 e. The molecule has 234 valence electrons. The Labute approximate surface area is 242 Å². The van der Waals surface area contributed by atoms with Gasteiger partial charge in [0.15, 0.2) is 0 Å². The predicted octanol–water partition coefficient (Wildman–Crippen LogP) is -0.609. The van der Waals surface area contributed by atoms with Crippen LogP contribution in [-0.2, 0) is 38.3 Å². The first kappa shape index (κ1) is 37.3. The number of amides is 6. The molecule has 41 heavy (non-hydrogen) atoms. The number of primary amides is 1. The molecule has 14 heteroatoms. The molecule has 0 saturated carbocycles. The van der Waals surface area contributed by atoms with Crippen LogP contribution in [-0.4, -0.2) is 77.7 Å². The second-order valence-corrected chi connectivity index (χ2v) is 11.7. The number of ether oxygens (including phenoxy) is 1. The van der Waals surface area contributed by atoms with Crippen molar-refractivity contribution in [1.82, 2.24) is 26.6 Å². The second-order valence-electron chi connectivity index (χ2n) is 11.7. The summed E-state index contributed by atoms with van der Waals surface area (Å²) in [7, 11) is 1.19. The molecule has 0 aliphatic heterocycles. The van der Waals surface area contributed by atoms with Crippen LogP contribution in [0.15, 0.2) is 0 Å². The van der Waals surface area contributed by atoms with Crippen LogP contribution >= 0.6 is 0 Å². The minimum atomic E-state index is -1.44. The van der Waals surface area contributed by atoms with E-state index in [1.165, 1.54) is 41.7 Å². The van der Waals surface area contributed by atoms with Crippen LogP contribution in [0.25, 0.3) is 0 Å². The van der Waals surface area contributed by atoms with E-state index in [0.29, 0.717) is 6.42 Å². The van der Waals surface area contributed by atoms with Gasteiger partial charge in [-0.1, -0.05) is 34.1 Å². The van der Waals surface area contributed by atoms with E-state index in [4.69, 9.17) is 10.5 Å². The third-order valence-corrected chi connectivity index (χ3v) is 6.35. The monoisotopic (exact) mass is 584 g/mol. The van der Waals surface area contributed by atoms with Crippen molar-refractivity contribution >= 4 is 41.4 Å². The van der Waals surface area contributed by atoms with Crippen molar-refractivity contribution in [2.45, 2.75) is 111 Å². The normalized spacial score (nSPS) is 14.5. The quantitative estimate of drug-likeness (QED) is 0.128. The highest BCUT2D eigenvalue weighted by Gasteiger charge is 2.37. The van der Waals surface area contributed by atoms with Gasteiger partial charge < -0.3 is 37.1 Å². The Morgan fingerprint density at radius 2 is 1.34 bits per heavy atom. The van der Waals surface area contributed by atoms with Gasteiger partial charge in [0, 0.05) is 6.92 Å². The molecule has 0 aromatic heterocycles. The first-order valence-corrected chi connectivity index (χ1v) is 13.6. The van der Waals surface area contributed by atoms with Crippen molar-refractivity contribution in [2.75, 3.05) is 7.11 Å². The molecular formula is C27H48N6O8. The minimum Gasteiger partial charge on any atom is -0.467 e. The van der Waals surface area contributed by atoms with Crippen LogP contribution in [0.3, 0.4) is 0 Å². The van der Waals surface area contributed by atoms with E-state index in [-0.39, 0.29) is 12.3 Å². The maximum absolute atomic E-state index is 13.5. The molecule has 0 bridgehead atoms. The highest BCUT2D eigenvalue weighted by atomic mass is 16.5. The molecular weight excluding hydrogens is 536 g/mol. The lowest BCUT2D eigenvalue weighted by Gasteiger charge is -2.31. The van der Waals surface area contributed by atoms with Gasteiger partial charge in [-0.2, -0.15) is 0 Å². The standard InChI is InChI=1S/C27H48N6O8/c1-11-15(4)20(23(38)29-17(12-14(2)3)22(37)33-27(8,9)25(40)41-10)31-21(36)18(13-19(28)35)30-24(39)26(6,7)32-16(5)34/h14-15,17-18,20H,11-13H2,1-10H3,(H2,28,35)(H,29,38)(H,30,39)(H,31,36)(H,32,34)(H,33,37)/t15-,17-,18-,20-/m0/s1. The number of nitrogens with two attached hydrogens (primary N) is 1. The largest absolute Gasteiger partial charge is 0.467 e. The van der Waals surface area contributed by atoms with Gasteiger partial charge in [0.1, 0.15) is 29.2 Å². The summed E-state index contributed by atoms with van der Waals surface area (Å²) in [5, 5.41) is 12.7. The van der Waals surface area contributed by atoms with Gasteiger partial charge in [0.2, 0.25) is 35.4 Å². The van der Waals surface area contributed by atoms with Crippen LogP contribution in [0, 0.1) is 11.8 Å². The summed E-state index contributed by atoms with van der Waals surface area (Å²) in [5.41, 5.74) is 2.53. The molecule has 0 fully saturated rings. The predicted molar refractivity (Wildman–Crippen MR) is 151 cm³/mol. The molecule has 0 saturated heterocycles. The number of hydrogen-bond acceptors (Lipinski definition) is 8. The van der Waals surface area contributed by atoms with E-state index in [1.54, 1.807) is 13.8 Å². The smallest absolute Gasteiger partial charge is 0.330 e. The molecule has 0 aromatic carbocycles. The molecule has 0 aromatic rings. The van der Waals surface area contributed by atoms with E-state index >= 15 is 0 Å². The summed E-state index contributed by atoms with van der Waals surface area (Å²) in [6.07, 6.45) is 0.120. The lowest BCUT2D eigenvalue weighted by Crippen LogP contribution is -2.62. The maximum atomic E-state index is 13.5. The zero-order chi connectivity index (χ0) is 32.3. The van der Waals surface area contributed by atoms with Crippen molar-refractivity contribution in [3.63, 3.8) is 0 Å². The Morgan fingerprint density at radius 1 is 0.780 bits per heavy atom. The molecule has 4 atom stereocenters. The third kappa shape index (κ3) is 12.6. The van der Waals surface area contributed by atoms with Crippen molar-refractivity contribution < 1.29 is 38.3 Å². The Morgan fingerprint density at radius 3 is 1.78 bits per heavy atom. The number of nitrogens with one attached hydrogen (secondary N) is 5. The summed E-state index contributed by atoms with van der Waals surface area (Å²) in [5.74, 6) is -5.37. The molecule has 14 nitrogen and oxygen atoms in total. The van der Waals surface area contributed by atoms with E-state index in [0.717, 1.165) is 0 Å². The number of hydrogen-bond donors (Lipinski definition) is 6. The van der Waals surface area contributed by atoms with Crippen molar-refractivity contribution in [1.29, 1.82) is 0 Å². The third-order valence-electron chi connectivity index (χ3n) is 6.35.